The van der Waals surface area contributed by atoms with Crippen LogP contribution < -0.4 is 0 Å². The van der Waals surface area contributed by atoms with Gasteiger partial charge >= 0.3 is 0 Å². The number of fused-ring (bicyclic) bond motifs is 6. The zero-order valence-electron chi connectivity index (χ0n) is 21.2. The summed E-state index contributed by atoms with van der Waals surface area (Å²) in [4.78, 5) is 0. The van der Waals surface area contributed by atoms with Crippen molar-refractivity contribution in [2.45, 2.75) is 0 Å². The summed E-state index contributed by atoms with van der Waals surface area (Å²) < 4.78 is 1.26. The van der Waals surface area contributed by atoms with Gasteiger partial charge in [-0.25, -0.2) is 0 Å². The first-order chi connectivity index (χ1) is 19.2. The van der Waals surface area contributed by atoms with E-state index in [-0.39, 0.29) is 0 Å². The molecule has 8 aromatic carbocycles. The molecule has 0 bridgehead atoms. The monoisotopic (exact) mass is 606 g/mol. The molecule has 0 spiro atoms. The molecule has 0 heterocycles. The van der Waals surface area contributed by atoms with E-state index in [1.54, 1.807) is 0 Å². The molecular formula is C38H23I. The van der Waals surface area contributed by atoms with Crippen molar-refractivity contribution in [3.63, 3.8) is 0 Å². The summed E-state index contributed by atoms with van der Waals surface area (Å²) in [7, 11) is 0. The lowest BCUT2D eigenvalue weighted by Gasteiger charge is -2.15. The van der Waals surface area contributed by atoms with Crippen molar-refractivity contribution in [2.75, 3.05) is 0 Å². The molecule has 0 saturated heterocycles. The summed E-state index contributed by atoms with van der Waals surface area (Å²) in [5.41, 5.74) is 5.08. The van der Waals surface area contributed by atoms with Gasteiger partial charge in [0.05, 0.1) is 0 Å². The topological polar surface area (TPSA) is 0 Å². The summed E-state index contributed by atoms with van der Waals surface area (Å²) in [5.74, 6) is 0. The van der Waals surface area contributed by atoms with Crippen LogP contribution in [0, 0.1) is 3.57 Å². The highest BCUT2D eigenvalue weighted by Crippen LogP contribution is 2.40. The molecule has 8 rings (SSSR count). The second kappa shape index (κ2) is 8.93. The molecule has 0 nitrogen and oxygen atoms in total. The van der Waals surface area contributed by atoms with Crippen LogP contribution in [0.4, 0.5) is 0 Å². The Morgan fingerprint density at radius 2 is 0.744 bits per heavy atom. The Bertz CT molecular complexity index is 2240. The molecule has 0 aromatic heterocycles. The van der Waals surface area contributed by atoms with Crippen LogP contribution in [0.3, 0.4) is 0 Å². The third-order valence-corrected chi connectivity index (χ3v) is 8.98. The molecule has 182 valence electrons. The van der Waals surface area contributed by atoms with Crippen LogP contribution in [0.15, 0.2) is 140 Å². The van der Waals surface area contributed by atoms with E-state index in [2.05, 4.69) is 162 Å². The predicted molar refractivity (Wildman–Crippen MR) is 178 cm³/mol. The van der Waals surface area contributed by atoms with Crippen LogP contribution in [-0.4, -0.2) is 0 Å². The Kier molecular flexibility index (Phi) is 5.21. The molecule has 0 unspecified atom stereocenters. The quantitative estimate of drug-likeness (QED) is 0.104. The standard InChI is InChI=1S/C38H23I/c39-38-15-6-5-13-34(38)32-12-4-3-11-31(32)33-14-7-10-26-20-27-16-17-28-21-29-18-24-8-1-2-9-25(24)19-30(29)22-35(28)37(27)23-36(26)33/h1-23H. The van der Waals surface area contributed by atoms with E-state index in [0.717, 1.165) is 0 Å². The molecule has 0 aliphatic rings. The van der Waals surface area contributed by atoms with Gasteiger partial charge in [-0.15, -0.1) is 0 Å². The van der Waals surface area contributed by atoms with Gasteiger partial charge in [0.15, 0.2) is 0 Å². The van der Waals surface area contributed by atoms with Crippen LogP contribution in [0.25, 0.3) is 76.1 Å². The van der Waals surface area contributed by atoms with Gasteiger partial charge < -0.3 is 0 Å². The Hall–Kier alpha value is -4.21. The summed E-state index contributed by atoms with van der Waals surface area (Å²) in [5, 5.41) is 12.8. The third-order valence-electron chi connectivity index (χ3n) is 8.04. The lowest BCUT2D eigenvalue weighted by atomic mass is 9.89. The molecule has 0 amide bonds. The van der Waals surface area contributed by atoms with Gasteiger partial charge in [0.2, 0.25) is 0 Å². The fourth-order valence-electron chi connectivity index (χ4n) is 6.14. The van der Waals surface area contributed by atoms with Gasteiger partial charge in [-0.3, -0.25) is 0 Å². The molecule has 0 N–H and O–H groups in total. The zero-order chi connectivity index (χ0) is 25.9. The van der Waals surface area contributed by atoms with Crippen molar-refractivity contribution in [3.8, 4) is 22.3 Å². The summed E-state index contributed by atoms with van der Waals surface area (Å²) >= 11 is 2.45. The van der Waals surface area contributed by atoms with E-state index in [1.165, 1.54) is 79.7 Å². The van der Waals surface area contributed by atoms with Crippen LogP contribution in [-0.2, 0) is 0 Å². The van der Waals surface area contributed by atoms with E-state index in [9.17, 15) is 0 Å². The lowest BCUT2D eigenvalue weighted by molar-refractivity contribution is 1.57. The van der Waals surface area contributed by atoms with Crippen molar-refractivity contribution in [1.82, 2.24) is 0 Å². The average molecular weight is 607 g/mol. The summed E-state index contributed by atoms with van der Waals surface area (Å²) in [6.07, 6.45) is 0. The number of hydrogen-bond acceptors (Lipinski definition) is 0. The van der Waals surface area contributed by atoms with Gasteiger partial charge in [0, 0.05) is 3.57 Å². The number of benzene rings is 8. The molecular weight excluding hydrogens is 583 g/mol. The van der Waals surface area contributed by atoms with Gasteiger partial charge in [-0.05, 0) is 141 Å². The van der Waals surface area contributed by atoms with E-state index in [1.807, 2.05) is 0 Å². The number of rotatable bonds is 2. The molecule has 39 heavy (non-hydrogen) atoms. The van der Waals surface area contributed by atoms with Crippen LogP contribution in [0.5, 0.6) is 0 Å². The highest BCUT2D eigenvalue weighted by atomic mass is 127. The fourth-order valence-corrected chi connectivity index (χ4v) is 6.82. The van der Waals surface area contributed by atoms with Gasteiger partial charge in [-0.2, -0.15) is 0 Å². The first-order valence-corrected chi connectivity index (χ1v) is 14.4. The molecule has 8 aromatic rings. The zero-order valence-corrected chi connectivity index (χ0v) is 23.3. The second-order valence-electron chi connectivity index (χ2n) is 10.3. The maximum absolute atomic E-state index is 2.45. The first kappa shape index (κ1) is 22.7. The van der Waals surface area contributed by atoms with Crippen molar-refractivity contribution >= 4 is 76.5 Å². The lowest BCUT2D eigenvalue weighted by Crippen LogP contribution is -1.89. The van der Waals surface area contributed by atoms with Crippen molar-refractivity contribution in [1.29, 1.82) is 0 Å². The van der Waals surface area contributed by atoms with E-state index in [0.29, 0.717) is 0 Å². The predicted octanol–water partition coefficient (Wildman–Crippen LogP) is 11.4. The molecule has 0 aliphatic heterocycles. The maximum atomic E-state index is 2.45. The Morgan fingerprint density at radius 1 is 0.282 bits per heavy atom. The van der Waals surface area contributed by atoms with Gasteiger partial charge in [0.25, 0.3) is 0 Å². The van der Waals surface area contributed by atoms with E-state index >= 15 is 0 Å². The second-order valence-corrected chi connectivity index (χ2v) is 11.5. The third kappa shape index (κ3) is 3.72. The largest absolute Gasteiger partial charge is 0.0616 e. The smallest absolute Gasteiger partial charge is 0.0209 e. The number of halogens is 1. The van der Waals surface area contributed by atoms with Crippen LogP contribution >= 0.6 is 22.6 Å². The summed E-state index contributed by atoms with van der Waals surface area (Å²) in [6, 6.07) is 51.5. The van der Waals surface area contributed by atoms with Crippen LogP contribution in [0.1, 0.15) is 0 Å². The molecule has 0 radical (unpaired) electrons. The Balaban J connectivity index is 1.42. The van der Waals surface area contributed by atoms with Crippen molar-refractivity contribution in [3.05, 3.63) is 143 Å². The molecule has 1 heteroatoms. The Labute approximate surface area is 240 Å². The molecule has 0 fully saturated rings. The highest BCUT2D eigenvalue weighted by Gasteiger charge is 2.13. The fraction of sp³-hybridized carbons (Fsp3) is 0. The summed E-state index contributed by atoms with van der Waals surface area (Å²) in [6.45, 7) is 0. The van der Waals surface area contributed by atoms with E-state index in [4.69, 9.17) is 0 Å². The van der Waals surface area contributed by atoms with Crippen molar-refractivity contribution in [2.24, 2.45) is 0 Å². The minimum Gasteiger partial charge on any atom is -0.0616 e. The molecule has 0 saturated carbocycles. The molecule has 0 aliphatic carbocycles. The molecule has 0 atom stereocenters. The Morgan fingerprint density at radius 3 is 1.46 bits per heavy atom. The number of hydrogen-bond donors (Lipinski definition) is 0. The first-order valence-electron chi connectivity index (χ1n) is 13.3. The average Bonchev–Trinajstić information content (AvgIpc) is 2.98. The van der Waals surface area contributed by atoms with Gasteiger partial charge in [-0.1, -0.05) is 97.1 Å². The SMILES string of the molecule is Ic1ccccc1-c1ccccc1-c1cccc2cc3ccc4cc5cc6ccccc6cc5cc4c3cc12. The van der Waals surface area contributed by atoms with Crippen molar-refractivity contribution < 1.29 is 0 Å². The van der Waals surface area contributed by atoms with Crippen LogP contribution in [0.2, 0.25) is 0 Å². The minimum atomic E-state index is 1.26. The van der Waals surface area contributed by atoms with Gasteiger partial charge in [0.1, 0.15) is 0 Å². The van der Waals surface area contributed by atoms with E-state index < -0.39 is 0 Å². The normalized spacial score (nSPS) is 11.7. The highest BCUT2D eigenvalue weighted by molar-refractivity contribution is 14.1. The maximum Gasteiger partial charge on any atom is 0.0209 e. The minimum absolute atomic E-state index is 1.26.